The van der Waals surface area contributed by atoms with Gasteiger partial charge in [-0.15, -0.1) is 0 Å². The molecule has 0 saturated heterocycles. The number of hydrogen-bond donors (Lipinski definition) is 0. The molecule has 18 heavy (non-hydrogen) atoms. The van der Waals surface area contributed by atoms with E-state index in [4.69, 9.17) is 9.47 Å². The Morgan fingerprint density at radius 2 is 1.22 bits per heavy atom. The molecule has 0 heterocycles. The van der Waals surface area contributed by atoms with Gasteiger partial charge < -0.3 is 9.47 Å². The summed E-state index contributed by atoms with van der Waals surface area (Å²) in [6.45, 7) is 6.01. The number of ether oxygens (including phenoxy) is 2. The van der Waals surface area contributed by atoms with Gasteiger partial charge in [0.2, 0.25) is 0 Å². The van der Waals surface area contributed by atoms with Gasteiger partial charge in [-0.1, -0.05) is 0 Å². The normalized spacial score (nSPS) is 18.8. The highest BCUT2D eigenvalue weighted by atomic mass is 16.5. The van der Waals surface area contributed by atoms with Crippen LogP contribution in [0.15, 0.2) is 12.1 Å². The summed E-state index contributed by atoms with van der Waals surface area (Å²) < 4.78 is 11.8. The second kappa shape index (κ2) is 4.83. The van der Waals surface area contributed by atoms with E-state index in [1.807, 2.05) is 0 Å². The third-order valence-corrected chi connectivity index (χ3v) is 4.03. The van der Waals surface area contributed by atoms with Crippen molar-refractivity contribution >= 4 is 0 Å². The zero-order valence-electron chi connectivity index (χ0n) is 11.4. The van der Waals surface area contributed by atoms with Crippen molar-refractivity contribution in [1.82, 2.24) is 0 Å². The molecule has 2 fully saturated rings. The van der Waals surface area contributed by atoms with Crippen molar-refractivity contribution in [1.29, 1.82) is 0 Å². The topological polar surface area (TPSA) is 18.5 Å². The molecule has 0 radical (unpaired) electrons. The fraction of sp³-hybridized carbons (Fsp3) is 0.625. The van der Waals surface area contributed by atoms with Crippen LogP contribution in [0.4, 0.5) is 0 Å². The Morgan fingerprint density at radius 3 is 1.56 bits per heavy atom. The second-order valence-electron chi connectivity index (χ2n) is 5.82. The Morgan fingerprint density at radius 1 is 0.833 bits per heavy atom. The molecule has 2 aliphatic rings. The molecular formula is C16H22O2. The molecule has 2 saturated carbocycles. The summed E-state index contributed by atoms with van der Waals surface area (Å²) in [7, 11) is 0. The van der Waals surface area contributed by atoms with Gasteiger partial charge in [-0.2, -0.15) is 0 Å². The van der Waals surface area contributed by atoms with E-state index in [1.165, 1.54) is 36.8 Å². The summed E-state index contributed by atoms with van der Waals surface area (Å²) in [5, 5.41) is 0. The standard InChI is InChI=1S/C16H22O2/c1-11-12(2)16(18-10-14-5-6-14)8-7-15(11)17-9-13-3-4-13/h7-8,13-14H,3-6,9-10H2,1-2H3. The Balaban J connectivity index is 1.65. The van der Waals surface area contributed by atoms with Crippen LogP contribution >= 0.6 is 0 Å². The molecule has 0 amide bonds. The number of hydrogen-bond acceptors (Lipinski definition) is 2. The number of rotatable bonds is 6. The lowest BCUT2D eigenvalue weighted by Crippen LogP contribution is -2.04. The third-order valence-electron chi connectivity index (χ3n) is 4.03. The molecule has 1 aromatic rings. The molecule has 98 valence electrons. The van der Waals surface area contributed by atoms with Crippen LogP contribution in [0.3, 0.4) is 0 Å². The van der Waals surface area contributed by atoms with Crippen LogP contribution in [0.2, 0.25) is 0 Å². The van der Waals surface area contributed by atoms with Crippen molar-refractivity contribution in [3.8, 4) is 11.5 Å². The monoisotopic (exact) mass is 246 g/mol. The highest BCUT2D eigenvalue weighted by Crippen LogP contribution is 2.34. The summed E-state index contributed by atoms with van der Waals surface area (Å²) in [6.07, 6.45) is 5.34. The molecule has 2 aliphatic carbocycles. The van der Waals surface area contributed by atoms with Crippen molar-refractivity contribution in [2.75, 3.05) is 13.2 Å². The van der Waals surface area contributed by atoms with Crippen molar-refractivity contribution in [3.63, 3.8) is 0 Å². The zero-order chi connectivity index (χ0) is 12.5. The summed E-state index contributed by atoms with van der Waals surface area (Å²) in [4.78, 5) is 0. The highest BCUT2D eigenvalue weighted by molar-refractivity contribution is 5.47. The molecule has 3 rings (SSSR count). The van der Waals surface area contributed by atoms with E-state index in [2.05, 4.69) is 26.0 Å². The summed E-state index contributed by atoms with van der Waals surface area (Å²) >= 11 is 0. The van der Waals surface area contributed by atoms with Crippen molar-refractivity contribution in [2.45, 2.75) is 39.5 Å². The molecular weight excluding hydrogens is 224 g/mol. The minimum absolute atomic E-state index is 0.801. The fourth-order valence-electron chi connectivity index (χ4n) is 2.07. The maximum atomic E-state index is 5.88. The van der Waals surface area contributed by atoms with Gasteiger partial charge in [0, 0.05) is 0 Å². The first-order chi connectivity index (χ1) is 8.74. The lowest BCUT2D eigenvalue weighted by atomic mass is 10.1. The zero-order valence-corrected chi connectivity index (χ0v) is 11.4. The largest absolute Gasteiger partial charge is 0.493 e. The van der Waals surface area contributed by atoms with E-state index in [1.54, 1.807) is 0 Å². The highest BCUT2D eigenvalue weighted by Gasteiger charge is 2.23. The van der Waals surface area contributed by atoms with Crippen LogP contribution in [0.1, 0.15) is 36.8 Å². The molecule has 0 spiro atoms. The first kappa shape index (κ1) is 11.9. The molecule has 2 nitrogen and oxygen atoms in total. The first-order valence-corrected chi connectivity index (χ1v) is 7.10. The van der Waals surface area contributed by atoms with E-state index < -0.39 is 0 Å². The number of benzene rings is 1. The molecule has 0 atom stereocenters. The lowest BCUT2D eigenvalue weighted by molar-refractivity contribution is 0.288. The quantitative estimate of drug-likeness (QED) is 0.758. The van der Waals surface area contributed by atoms with E-state index in [9.17, 15) is 0 Å². The van der Waals surface area contributed by atoms with Gasteiger partial charge in [-0.05, 0) is 74.6 Å². The van der Waals surface area contributed by atoms with E-state index in [0.29, 0.717) is 0 Å². The average molecular weight is 246 g/mol. The minimum Gasteiger partial charge on any atom is -0.493 e. The maximum absolute atomic E-state index is 5.88. The SMILES string of the molecule is Cc1c(OCC2CC2)ccc(OCC2CC2)c1C. The van der Waals surface area contributed by atoms with Crippen molar-refractivity contribution < 1.29 is 9.47 Å². The fourth-order valence-corrected chi connectivity index (χ4v) is 2.07. The summed E-state index contributed by atoms with van der Waals surface area (Å²) in [5.41, 5.74) is 2.45. The molecule has 0 bridgehead atoms. The van der Waals surface area contributed by atoms with E-state index in [-0.39, 0.29) is 0 Å². The predicted molar refractivity (Wildman–Crippen MR) is 72.4 cm³/mol. The van der Waals surface area contributed by atoms with Gasteiger partial charge in [0.1, 0.15) is 11.5 Å². The van der Waals surface area contributed by atoms with Crippen LogP contribution in [0.25, 0.3) is 0 Å². The third kappa shape index (κ3) is 2.80. The van der Waals surface area contributed by atoms with E-state index in [0.717, 1.165) is 36.5 Å². The molecule has 0 aliphatic heterocycles. The molecule has 2 heteroatoms. The second-order valence-corrected chi connectivity index (χ2v) is 5.82. The van der Waals surface area contributed by atoms with Crippen LogP contribution < -0.4 is 9.47 Å². The molecule has 0 N–H and O–H groups in total. The van der Waals surface area contributed by atoms with Crippen molar-refractivity contribution in [2.24, 2.45) is 11.8 Å². The van der Waals surface area contributed by atoms with Crippen LogP contribution in [-0.2, 0) is 0 Å². The van der Waals surface area contributed by atoms with Crippen LogP contribution in [-0.4, -0.2) is 13.2 Å². The van der Waals surface area contributed by atoms with Crippen LogP contribution in [0.5, 0.6) is 11.5 Å². The average Bonchev–Trinajstić information content (AvgIpc) is 3.24. The van der Waals surface area contributed by atoms with E-state index >= 15 is 0 Å². The Kier molecular flexibility index (Phi) is 3.19. The molecule has 0 aromatic heterocycles. The minimum atomic E-state index is 0.801. The molecule has 0 unspecified atom stereocenters. The molecule has 1 aromatic carbocycles. The summed E-state index contributed by atoms with van der Waals surface area (Å²) in [6, 6.07) is 4.12. The first-order valence-electron chi connectivity index (χ1n) is 7.10. The van der Waals surface area contributed by atoms with Gasteiger partial charge in [0.05, 0.1) is 13.2 Å². The predicted octanol–water partition coefficient (Wildman–Crippen LogP) is 3.88. The lowest BCUT2D eigenvalue weighted by Gasteiger charge is -2.15. The Hall–Kier alpha value is -1.18. The van der Waals surface area contributed by atoms with Gasteiger partial charge in [0.15, 0.2) is 0 Å². The Labute approximate surface area is 109 Å². The van der Waals surface area contributed by atoms with Gasteiger partial charge in [-0.25, -0.2) is 0 Å². The maximum Gasteiger partial charge on any atom is 0.122 e. The smallest absolute Gasteiger partial charge is 0.122 e. The van der Waals surface area contributed by atoms with Gasteiger partial charge in [-0.3, -0.25) is 0 Å². The van der Waals surface area contributed by atoms with Gasteiger partial charge >= 0.3 is 0 Å². The van der Waals surface area contributed by atoms with Crippen LogP contribution in [0, 0.1) is 25.7 Å². The summed E-state index contributed by atoms with van der Waals surface area (Å²) in [5.74, 6) is 3.65. The van der Waals surface area contributed by atoms with Gasteiger partial charge in [0.25, 0.3) is 0 Å². The Bertz CT molecular complexity index is 390. The van der Waals surface area contributed by atoms with Crippen molar-refractivity contribution in [3.05, 3.63) is 23.3 Å².